The van der Waals surface area contributed by atoms with Crippen LogP contribution < -0.4 is 9.80 Å². The molecule has 0 N–H and O–H groups in total. The molecule has 0 saturated carbocycles. The predicted molar refractivity (Wildman–Crippen MR) is 391 cm³/mol. The van der Waals surface area contributed by atoms with E-state index in [9.17, 15) is 0 Å². The van der Waals surface area contributed by atoms with Crippen LogP contribution in [0.5, 0.6) is 0 Å². The summed E-state index contributed by atoms with van der Waals surface area (Å²) in [6.07, 6.45) is 0. The monoisotopic (exact) mass is 1180 g/mol. The topological polar surface area (TPSA) is 32.8 Å². The summed E-state index contributed by atoms with van der Waals surface area (Å²) < 4.78 is 12.8. The fraction of sp³-hybridized carbons (Fsp3) is 0.0455. The summed E-state index contributed by atoms with van der Waals surface area (Å²) in [7, 11) is 0. The molecule has 18 rings (SSSR count). The van der Waals surface area contributed by atoms with E-state index in [2.05, 4.69) is 317 Å². The third kappa shape index (κ3) is 8.37. The zero-order valence-corrected chi connectivity index (χ0v) is 51.4. The van der Waals surface area contributed by atoms with Crippen molar-refractivity contribution in [3.05, 3.63) is 313 Å². The molecule has 0 spiro atoms. The highest BCUT2D eigenvalue weighted by Crippen LogP contribution is 2.51. The highest BCUT2D eigenvalue weighted by Gasteiger charge is 2.26. The van der Waals surface area contributed by atoms with Gasteiger partial charge in [0.2, 0.25) is 0 Å². The van der Waals surface area contributed by atoms with E-state index in [0.29, 0.717) is 0 Å². The second kappa shape index (κ2) is 20.9. The summed E-state index contributed by atoms with van der Waals surface area (Å²) in [5.41, 5.74) is 21.6. The van der Waals surface area contributed by atoms with Crippen molar-refractivity contribution < 1.29 is 8.83 Å². The Balaban J connectivity index is 0.807. The quantitative estimate of drug-likeness (QED) is 0.135. The summed E-state index contributed by atoms with van der Waals surface area (Å²) in [6, 6.07) is 107. The van der Waals surface area contributed by atoms with Crippen LogP contribution >= 0.6 is 0 Å². The van der Waals surface area contributed by atoms with Crippen LogP contribution in [-0.4, -0.2) is 0 Å². The number of hydrogen-bond acceptors (Lipinski definition) is 4. The van der Waals surface area contributed by atoms with Gasteiger partial charge in [0.1, 0.15) is 22.3 Å². The summed E-state index contributed by atoms with van der Waals surface area (Å²) >= 11 is 0. The average molecular weight is 1180 g/mol. The van der Waals surface area contributed by atoms with Crippen molar-refractivity contribution in [1.82, 2.24) is 0 Å². The average Bonchev–Trinajstić information content (AvgIpc) is 1.38. The number of hydrogen-bond donors (Lipinski definition) is 0. The fourth-order valence-corrected chi connectivity index (χ4v) is 15.2. The number of nitrogens with zero attached hydrogens (tertiary/aromatic N) is 2. The van der Waals surface area contributed by atoms with E-state index < -0.39 is 0 Å². The summed E-state index contributed by atoms with van der Waals surface area (Å²) in [5, 5.41) is 19.3. The van der Waals surface area contributed by atoms with Gasteiger partial charge in [0.05, 0.1) is 11.4 Å². The highest BCUT2D eigenvalue weighted by molar-refractivity contribution is 6.27. The molecule has 0 saturated heterocycles. The first-order valence-corrected chi connectivity index (χ1v) is 31.8. The Morgan fingerprint density at radius 2 is 0.522 bits per heavy atom. The maximum atomic E-state index is 6.39. The number of para-hydroxylation sites is 4. The molecule has 0 unspecified atom stereocenters. The number of benzene rings is 16. The zero-order valence-electron chi connectivity index (χ0n) is 51.4. The lowest BCUT2D eigenvalue weighted by atomic mass is 9.92. The molecule has 0 aliphatic carbocycles. The number of aryl methyl sites for hydroxylation is 4. The largest absolute Gasteiger partial charge is 0.456 e. The van der Waals surface area contributed by atoms with Gasteiger partial charge in [0.15, 0.2) is 0 Å². The molecular weight excluding hydrogens is 1120 g/mol. The molecule has 4 nitrogen and oxygen atoms in total. The van der Waals surface area contributed by atoms with Crippen molar-refractivity contribution in [1.29, 1.82) is 0 Å². The van der Waals surface area contributed by atoms with E-state index >= 15 is 0 Å². The smallest absolute Gasteiger partial charge is 0.135 e. The lowest BCUT2D eigenvalue weighted by Crippen LogP contribution is -2.14. The Morgan fingerprint density at radius 1 is 0.207 bits per heavy atom. The second-order valence-corrected chi connectivity index (χ2v) is 24.9. The molecular formula is C88H60N2O2. The third-order valence-corrected chi connectivity index (χ3v) is 19.5. The van der Waals surface area contributed by atoms with E-state index in [4.69, 9.17) is 8.83 Å². The molecule has 0 radical (unpaired) electrons. The van der Waals surface area contributed by atoms with E-state index in [1.165, 1.54) is 75.8 Å². The van der Waals surface area contributed by atoms with Gasteiger partial charge in [-0.25, -0.2) is 0 Å². The van der Waals surface area contributed by atoms with Gasteiger partial charge < -0.3 is 18.6 Å². The van der Waals surface area contributed by atoms with Crippen LogP contribution in [0.1, 0.15) is 22.3 Å². The van der Waals surface area contributed by atoms with Gasteiger partial charge in [-0.1, -0.05) is 206 Å². The molecule has 0 bridgehead atoms. The Bertz CT molecular complexity index is 5660. The first-order chi connectivity index (χ1) is 45.3. The molecule has 0 fully saturated rings. The van der Waals surface area contributed by atoms with Gasteiger partial charge in [-0.15, -0.1) is 0 Å². The van der Waals surface area contributed by atoms with E-state index in [-0.39, 0.29) is 0 Å². The van der Waals surface area contributed by atoms with Crippen LogP contribution in [0, 0.1) is 27.7 Å². The molecule has 4 heteroatoms. The fourth-order valence-electron chi connectivity index (χ4n) is 15.2. The Labute approximate surface area is 532 Å². The SMILES string of the molecule is Cc1cc(-c2ccc(N(c3ccc4c5ccccc5c5ccccc5c4c3)c3c(C)cccc3-c3ccc4oc5ccccc5c4c3)c(C)c2)ccc1N(c1ccc2c3ccccc3c3ccccc3c2c1)c1c(C)cccc1-c1ccc2oc3ccccc3c2c1. The van der Waals surface area contributed by atoms with Gasteiger partial charge >= 0.3 is 0 Å². The molecule has 0 amide bonds. The van der Waals surface area contributed by atoms with Crippen LogP contribution in [0.3, 0.4) is 0 Å². The van der Waals surface area contributed by atoms with Crippen molar-refractivity contribution in [3.8, 4) is 33.4 Å². The molecule has 92 heavy (non-hydrogen) atoms. The van der Waals surface area contributed by atoms with E-state index in [1.807, 2.05) is 12.1 Å². The lowest BCUT2D eigenvalue weighted by Gasteiger charge is -2.32. The van der Waals surface area contributed by atoms with Gasteiger partial charge in [-0.3, -0.25) is 0 Å². The maximum absolute atomic E-state index is 6.39. The number of rotatable bonds is 9. The second-order valence-electron chi connectivity index (χ2n) is 24.9. The van der Waals surface area contributed by atoms with Crippen LogP contribution in [0.15, 0.2) is 300 Å². The first-order valence-electron chi connectivity index (χ1n) is 31.8. The Kier molecular flexibility index (Phi) is 12.1. The highest BCUT2D eigenvalue weighted by atomic mass is 16.3. The summed E-state index contributed by atoms with van der Waals surface area (Å²) in [5.74, 6) is 0. The van der Waals surface area contributed by atoms with E-state index in [0.717, 1.165) is 123 Å². The minimum atomic E-state index is 0.880. The number of fused-ring (bicyclic) bond motifs is 18. The molecule has 0 aliphatic heterocycles. The zero-order chi connectivity index (χ0) is 61.3. The van der Waals surface area contributed by atoms with Crippen LogP contribution in [0.2, 0.25) is 0 Å². The molecule has 18 aromatic rings. The first kappa shape index (κ1) is 53.3. The van der Waals surface area contributed by atoms with E-state index in [1.54, 1.807) is 0 Å². The van der Waals surface area contributed by atoms with Gasteiger partial charge in [0.25, 0.3) is 0 Å². The molecule has 434 valence electrons. The van der Waals surface area contributed by atoms with Crippen LogP contribution in [0.4, 0.5) is 34.1 Å². The molecule has 0 atom stereocenters. The predicted octanol–water partition coefficient (Wildman–Crippen LogP) is 25.6. The molecule has 16 aromatic carbocycles. The van der Waals surface area contributed by atoms with Crippen molar-refractivity contribution in [3.63, 3.8) is 0 Å². The Hall–Kier alpha value is -11.7. The van der Waals surface area contributed by atoms with Gasteiger partial charge in [-0.2, -0.15) is 0 Å². The van der Waals surface area contributed by atoms with Crippen molar-refractivity contribution in [2.24, 2.45) is 0 Å². The van der Waals surface area contributed by atoms with Gasteiger partial charge in [0, 0.05) is 55.4 Å². The summed E-state index contributed by atoms with van der Waals surface area (Å²) in [6.45, 7) is 9.05. The number of anilines is 6. The normalized spacial score (nSPS) is 11.9. The maximum Gasteiger partial charge on any atom is 0.135 e. The minimum absolute atomic E-state index is 0.880. The minimum Gasteiger partial charge on any atom is -0.456 e. The van der Waals surface area contributed by atoms with Crippen molar-refractivity contribution in [2.75, 3.05) is 9.80 Å². The van der Waals surface area contributed by atoms with Crippen LogP contribution in [-0.2, 0) is 0 Å². The third-order valence-electron chi connectivity index (χ3n) is 19.5. The standard InChI is InChI=1S/C88H60N2O2/c1-53-19-17-31-63(59-37-45-85-79(49-59)75-29-13-15-33-83(75)91-85)87(53)89(61-39-41-73-69-25-7-5-21-65(69)67-23-9-11-27-71(67)77(73)51-61)81-43-35-57(47-55(81)3)58-36-44-82(56(4)48-58)90(62-40-42-74-70-26-8-6-22-66(70)68-24-10-12-28-72(68)78(74)52-62)88-54(2)20-18-32-64(88)60-38-46-86-80(50-60)76-30-14-16-34-84(76)92-86/h5-52H,1-4H3. The number of furan rings is 2. The molecule has 2 aromatic heterocycles. The Morgan fingerprint density at radius 3 is 0.891 bits per heavy atom. The van der Waals surface area contributed by atoms with Gasteiger partial charge in [-0.05, 0) is 222 Å². The van der Waals surface area contributed by atoms with Crippen molar-refractivity contribution >= 4 is 143 Å². The molecule has 0 aliphatic rings. The van der Waals surface area contributed by atoms with Crippen LogP contribution in [0.25, 0.3) is 142 Å². The summed E-state index contributed by atoms with van der Waals surface area (Å²) in [4.78, 5) is 5.03. The van der Waals surface area contributed by atoms with Crippen molar-refractivity contribution in [2.45, 2.75) is 27.7 Å². The molecule has 2 heterocycles. The lowest BCUT2D eigenvalue weighted by molar-refractivity contribution is 0.668.